The number of amides is 2. The van der Waals surface area contributed by atoms with E-state index in [0.717, 1.165) is 16.9 Å². The second kappa shape index (κ2) is 12.0. The van der Waals surface area contributed by atoms with Gasteiger partial charge in [0.15, 0.2) is 0 Å². The third-order valence-corrected chi connectivity index (χ3v) is 6.29. The van der Waals surface area contributed by atoms with Crippen molar-refractivity contribution in [1.29, 1.82) is 0 Å². The maximum Gasteiger partial charge on any atom is 0.243 e. The molecule has 2 atom stereocenters. The van der Waals surface area contributed by atoms with E-state index in [4.69, 9.17) is 11.6 Å². The molecule has 0 fully saturated rings. The number of thioether (sulfide) groups is 1. The van der Waals surface area contributed by atoms with Gasteiger partial charge in [-0.25, -0.2) is 0 Å². The summed E-state index contributed by atoms with van der Waals surface area (Å²) in [6, 6.07) is 15.1. The van der Waals surface area contributed by atoms with E-state index in [-0.39, 0.29) is 23.6 Å². The molecule has 0 saturated carbocycles. The quantitative estimate of drug-likeness (QED) is 0.493. The lowest BCUT2D eigenvalue weighted by Crippen LogP contribution is -2.51. The standard InChI is InChI=1S/C24H31ClN2O2S/c1-5-18(4)26-24(29)22(6-2)27(15-19-9-11-20(25)12-10-19)23(28)16-30-21-13-7-17(3)8-14-21/h7-14,18,22H,5-6,15-16H2,1-4H3,(H,26,29)/t18-,22-/m0/s1. The minimum atomic E-state index is -0.513. The molecule has 0 bridgehead atoms. The summed E-state index contributed by atoms with van der Waals surface area (Å²) in [4.78, 5) is 28.9. The summed E-state index contributed by atoms with van der Waals surface area (Å²) >= 11 is 7.50. The Balaban J connectivity index is 2.19. The fourth-order valence-corrected chi connectivity index (χ4v) is 3.92. The van der Waals surface area contributed by atoms with E-state index >= 15 is 0 Å². The molecule has 6 heteroatoms. The second-order valence-electron chi connectivity index (χ2n) is 7.49. The largest absolute Gasteiger partial charge is 0.352 e. The summed E-state index contributed by atoms with van der Waals surface area (Å²) in [7, 11) is 0. The molecule has 0 aliphatic rings. The minimum Gasteiger partial charge on any atom is -0.352 e. The molecule has 0 saturated heterocycles. The van der Waals surface area contributed by atoms with E-state index in [1.54, 1.807) is 17.0 Å². The van der Waals surface area contributed by atoms with Gasteiger partial charge in [0.1, 0.15) is 6.04 Å². The minimum absolute atomic E-state index is 0.0540. The fourth-order valence-electron chi connectivity index (χ4n) is 3.01. The highest BCUT2D eigenvalue weighted by atomic mass is 35.5. The number of benzene rings is 2. The Hall–Kier alpha value is -1.98. The van der Waals surface area contributed by atoms with Crippen molar-refractivity contribution in [3.63, 3.8) is 0 Å². The fraction of sp³-hybridized carbons (Fsp3) is 0.417. The third kappa shape index (κ3) is 7.37. The highest BCUT2D eigenvalue weighted by Crippen LogP contribution is 2.21. The highest BCUT2D eigenvalue weighted by molar-refractivity contribution is 8.00. The molecule has 30 heavy (non-hydrogen) atoms. The number of nitrogens with one attached hydrogen (secondary N) is 1. The lowest BCUT2D eigenvalue weighted by Gasteiger charge is -2.31. The molecule has 0 heterocycles. The number of hydrogen-bond donors (Lipinski definition) is 1. The molecule has 4 nitrogen and oxygen atoms in total. The summed E-state index contributed by atoms with van der Waals surface area (Å²) in [5.74, 6) is 0.125. The van der Waals surface area contributed by atoms with Gasteiger partial charge in [0, 0.05) is 22.5 Å². The van der Waals surface area contributed by atoms with Crippen LogP contribution in [0.15, 0.2) is 53.4 Å². The molecule has 0 aromatic heterocycles. The maximum atomic E-state index is 13.2. The van der Waals surface area contributed by atoms with Crippen molar-refractivity contribution in [1.82, 2.24) is 10.2 Å². The van der Waals surface area contributed by atoms with E-state index in [9.17, 15) is 9.59 Å². The van der Waals surface area contributed by atoms with Crippen LogP contribution < -0.4 is 5.32 Å². The molecular weight excluding hydrogens is 416 g/mol. The zero-order valence-electron chi connectivity index (χ0n) is 18.2. The Morgan fingerprint density at radius 2 is 1.67 bits per heavy atom. The van der Waals surface area contributed by atoms with Gasteiger partial charge in [0.2, 0.25) is 11.8 Å². The van der Waals surface area contributed by atoms with Gasteiger partial charge in [0.25, 0.3) is 0 Å². The average Bonchev–Trinajstić information content (AvgIpc) is 2.74. The smallest absolute Gasteiger partial charge is 0.243 e. The molecule has 2 aromatic carbocycles. The van der Waals surface area contributed by atoms with Crippen LogP contribution in [0.4, 0.5) is 0 Å². The number of halogens is 1. The summed E-state index contributed by atoms with van der Waals surface area (Å²) in [5.41, 5.74) is 2.13. The van der Waals surface area contributed by atoms with Crippen LogP contribution >= 0.6 is 23.4 Å². The van der Waals surface area contributed by atoms with Crippen LogP contribution in [0.2, 0.25) is 5.02 Å². The molecule has 2 rings (SSSR count). The van der Waals surface area contributed by atoms with Crippen molar-refractivity contribution in [2.24, 2.45) is 0 Å². The summed E-state index contributed by atoms with van der Waals surface area (Å²) < 4.78 is 0. The van der Waals surface area contributed by atoms with E-state index in [1.807, 2.05) is 64.1 Å². The number of carbonyl (C=O) groups is 2. The molecule has 2 amide bonds. The van der Waals surface area contributed by atoms with Gasteiger partial charge in [-0.1, -0.05) is 55.3 Å². The average molecular weight is 447 g/mol. The monoisotopic (exact) mass is 446 g/mol. The van der Waals surface area contributed by atoms with Crippen molar-refractivity contribution in [2.75, 3.05) is 5.75 Å². The molecule has 0 radical (unpaired) electrons. The van der Waals surface area contributed by atoms with E-state index in [2.05, 4.69) is 5.32 Å². The predicted molar refractivity (Wildman–Crippen MR) is 126 cm³/mol. The van der Waals surface area contributed by atoms with Gasteiger partial charge in [0.05, 0.1) is 5.75 Å². The Bertz CT molecular complexity index is 824. The first kappa shape index (κ1) is 24.3. The molecule has 0 aliphatic heterocycles. The van der Waals surface area contributed by atoms with Gasteiger partial charge < -0.3 is 10.2 Å². The molecular formula is C24H31ClN2O2S. The number of rotatable bonds is 10. The third-order valence-electron chi connectivity index (χ3n) is 5.04. The van der Waals surface area contributed by atoms with Gasteiger partial charge >= 0.3 is 0 Å². The highest BCUT2D eigenvalue weighted by Gasteiger charge is 2.29. The summed E-state index contributed by atoms with van der Waals surface area (Å²) in [6.45, 7) is 8.35. The van der Waals surface area contributed by atoms with Crippen LogP contribution in [0.5, 0.6) is 0 Å². The molecule has 0 unspecified atom stereocenters. The van der Waals surface area contributed by atoms with Gasteiger partial charge in [-0.2, -0.15) is 0 Å². The first-order valence-electron chi connectivity index (χ1n) is 10.4. The Kier molecular flexibility index (Phi) is 9.73. The first-order valence-corrected chi connectivity index (χ1v) is 11.7. The molecule has 162 valence electrons. The van der Waals surface area contributed by atoms with Gasteiger partial charge in [-0.3, -0.25) is 9.59 Å². The molecule has 0 aliphatic carbocycles. The Morgan fingerprint density at radius 3 is 2.23 bits per heavy atom. The van der Waals surface area contributed by atoms with Crippen LogP contribution in [-0.2, 0) is 16.1 Å². The van der Waals surface area contributed by atoms with Crippen LogP contribution in [-0.4, -0.2) is 34.6 Å². The topological polar surface area (TPSA) is 49.4 Å². The van der Waals surface area contributed by atoms with E-state index < -0.39 is 6.04 Å². The van der Waals surface area contributed by atoms with Crippen molar-refractivity contribution >= 4 is 35.2 Å². The summed E-state index contributed by atoms with van der Waals surface area (Å²) in [5, 5.41) is 3.68. The Labute approximate surface area is 189 Å². The normalized spacial score (nSPS) is 12.8. The molecule has 1 N–H and O–H groups in total. The number of nitrogens with zero attached hydrogens (tertiary/aromatic N) is 1. The van der Waals surface area contributed by atoms with Crippen molar-refractivity contribution in [3.8, 4) is 0 Å². The van der Waals surface area contributed by atoms with Gasteiger partial charge in [-0.15, -0.1) is 11.8 Å². The van der Waals surface area contributed by atoms with Crippen molar-refractivity contribution < 1.29 is 9.59 Å². The van der Waals surface area contributed by atoms with E-state index in [1.165, 1.54) is 17.3 Å². The van der Waals surface area contributed by atoms with Crippen molar-refractivity contribution in [3.05, 3.63) is 64.7 Å². The zero-order chi connectivity index (χ0) is 22.1. The van der Waals surface area contributed by atoms with Gasteiger partial charge in [-0.05, 0) is 56.5 Å². The van der Waals surface area contributed by atoms with Crippen LogP contribution in [0, 0.1) is 6.92 Å². The molecule has 2 aromatic rings. The predicted octanol–water partition coefficient (Wildman–Crippen LogP) is 5.46. The zero-order valence-corrected chi connectivity index (χ0v) is 19.7. The molecule has 0 spiro atoms. The van der Waals surface area contributed by atoms with Crippen LogP contribution in [0.25, 0.3) is 0 Å². The van der Waals surface area contributed by atoms with Crippen molar-refractivity contribution in [2.45, 2.75) is 64.1 Å². The maximum absolute atomic E-state index is 13.2. The number of aryl methyl sites for hydroxylation is 1. The summed E-state index contributed by atoms with van der Waals surface area (Å²) in [6.07, 6.45) is 1.40. The lowest BCUT2D eigenvalue weighted by molar-refractivity contribution is -0.139. The number of hydrogen-bond acceptors (Lipinski definition) is 3. The second-order valence-corrected chi connectivity index (χ2v) is 8.98. The lowest BCUT2D eigenvalue weighted by atomic mass is 10.1. The van der Waals surface area contributed by atoms with E-state index in [0.29, 0.717) is 18.0 Å². The van der Waals surface area contributed by atoms with Crippen LogP contribution in [0.1, 0.15) is 44.7 Å². The number of carbonyl (C=O) groups excluding carboxylic acids is 2. The Morgan fingerprint density at radius 1 is 1.03 bits per heavy atom. The first-order chi connectivity index (χ1) is 14.3. The van der Waals surface area contributed by atoms with Crippen LogP contribution in [0.3, 0.4) is 0 Å². The SMILES string of the molecule is CC[C@H](C)NC(=O)[C@H](CC)N(Cc1ccc(Cl)cc1)C(=O)CSc1ccc(C)cc1.